The minimum Gasteiger partial charge on any atom is -0.358 e. The summed E-state index contributed by atoms with van der Waals surface area (Å²) in [6, 6.07) is -0.315. The summed E-state index contributed by atoms with van der Waals surface area (Å²) in [5.74, 6) is 2.18. The van der Waals surface area contributed by atoms with E-state index in [1.807, 2.05) is 20.8 Å². The minimum atomic E-state index is -0.315. The topological polar surface area (TPSA) is 66.9 Å². The molecule has 0 fully saturated rings. The largest absolute Gasteiger partial charge is 0.358 e. The number of likely N-dealkylation sites (N-methyl/N-ethyl adjacent to an activating group) is 1. The number of aryl methyl sites for hydroxylation is 1. The second kappa shape index (κ2) is 7.25. The van der Waals surface area contributed by atoms with Gasteiger partial charge < -0.3 is 10.6 Å². The molecule has 0 aliphatic carbocycles. The van der Waals surface area contributed by atoms with Gasteiger partial charge in [0.25, 0.3) is 0 Å². The van der Waals surface area contributed by atoms with Crippen LogP contribution in [-0.2, 0) is 11.2 Å². The first-order valence-electron chi connectivity index (χ1n) is 8.06. The fourth-order valence-electron chi connectivity index (χ4n) is 2.64. The highest BCUT2D eigenvalue weighted by Crippen LogP contribution is 2.32. The number of fused-ring (bicyclic) bond motifs is 1. The minimum absolute atomic E-state index is 0.0231. The predicted octanol–water partition coefficient (Wildman–Crippen LogP) is 3.38. The molecule has 1 atom stereocenters. The van der Waals surface area contributed by atoms with Crippen LogP contribution in [0, 0.1) is 18.8 Å². The molecule has 1 amide bonds. The van der Waals surface area contributed by atoms with Gasteiger partial charge in [0.2, 0.25) is 5.91 Å². The Morgan fingerprint density at radius 3 is 2.52 bits per heavy atom. The van der Waals surface area contributed by atoms with Gasteiger partial charge in [0, 0.05) is 7.05 Å². The summed E-state index contributed by atoms with van der Waals surface area (Å²) in [6.07, 6.45) is 0.980. The van der Waals surface area contributed by atoms with Crippen LogP contribution in [0.25, 0.3) is 10.2 Å². The van der Waals surface area contributed by atoms with E-state index in [1.54, 1.807) is 18.4 Å². The Labute approximate surface area is 141 Å². The average molecular weight is 334 g/mol. The lowest BCUT2D eigenvalue weighted by Gasteiger charge is -2.22. The lowest BCUT2D eigenvalue weighted by molar-refractivity contribution is -0.122. The van der Waals surface area contributed by atoms with Crippen molar-refractivity contribution in [3.8, 4) is 0 Å². The molecule has 0 bridgehead atoms. The first-order valence-corrected chi connectivity index (χ1v) is 8.94. The highest BCUT2D eigenvalue weighted by Gasteiger charge is 2.23. The Morgan fingerprint density at radius 1 is 1.26 bits per heavy atom. The molecule has 0 saturated carbocycles. The monoisotopic (exact) mass is 334 g/mol. The molecule has 126 valence electrons. The molecule has 6 heteroatoms. The Bertz CT molecular complexity index is 693. The molecule has 2 rings (SSSR count). The van der Waals surface area contributed by atoms with Gasteiger partial charge in [0.15, 0.2) is 0 Å². The van der Waals surface area contributed by atoms with Gasteiger partial charge >= 0.3 is 0 Å². The number of carbonyl (C=O) groups is 1. The lowest BCUT2D eigenvalue weighted by Crippen LogP contribution is -2.41. The standard InChI is InChI=1S/C17H26N4OS/c1-9(2)7-12-8-23-17-13(12)15(19-11(5)20-17)21-14(10(3)4)16(22)18-6/h8-10,14H,7H2,1-6H3,(H,18,22)(H,19,20,21). The zero-order valence-electron chi connectivity index (χ0n) is 14.7. The summed E-state index contributed by atoms with van der Waals surface area (Å²) < 4.78 is 0. The molecule has 0 spiro atoms. The number of nitrogens with one attached hydrogen (secondary N) is 2. The molecular weight excluding hydrogens is 308 g/mol. The zero-order chi connectivity index (χ0) is 17.1. The van der Waals surface area contributed by atoms with Crippen molar-refractivity contribution < 1.29 is 4.79 Å². The average Bonchev–Trinajstić information content (AvgIpc) is 2.85. The van der Waals surface area contributed by atoms with Crippen molar-refractivity contribution in [1.82, 2.24) is 15.3 Å². The fraction of sp³-hybridized carbons (Fsp3) is 0.588. The molecule has 2 aromatic rings. The maximum absolute atomic E-state index is 12.2. The second-order valence-corrected chi connectivity index (χ2v) is 7.50. The van der Waals surface area contributed by atoms with Crippen molar-refractivity contribution in [2.24, 2.45) is 11.8 Å². The van der Waals surface area contributed by atoms with Crippen molar-refractivity contribution in [3.63, 3.8) is 0 Å². The van der Waals surface area contributed by atoms with Crippen LogP contribution in [0.1, 0.15) is 39.1 Å². The van der Waals surface area contributed by atoms with Crippen LogP contribution in [0.5, 0.6) is 0 Å². The van der Waals surface area contributed by atoms with Gasteiger partial charge in [-0.1, -0.05) is 27.7 Å². The van der Waals surface area contributed by atoms with Gasteiger partial charge in [-0.25, -0.2) is 9.97 Å². The molecule has 2 aromatic heterocycles. The maximum Gasteiger partial charge on any atom is 0.242 e. The van der Waals surface area contributed by atoms with E-state index in [2.05, 4.69) is 39.8 Å². The molecule has 2 heterocycles. The second-order valence-electron chi connectivity index (χ2n) is 6.64. The molecule has 0 saturated heterocycles. The Kier molecular flexibility index (Phi) is 5.57. The molecule has 2 N–H and O–H groups in total. The van der Waals surface area contributed by atoms with Gasteiger partial charge in [0.1, 0.15) is 22.5 Å². The van der Waals surface area contributed by atoms with E-state index >= 15 is 0 Å². The van der Waals surface area contributed by atoms with Crippen molar-refractivity contribution in [1.29, 1.82) is 0 Å². The van der Waals surface area contributed by atoms with Gasteiger partial charge in [0.05, 0.1) is 5.39 Å². The molecule has 5 nitrogen and oxygen atoms in total. The van der Waals surface area contributed by atoms with Gasteiger partial charge in [-0.15, -0.1) is 11.3 Å². The van der Waals surface area contributed by atoms with Gasteiger partial charge in [-0.05, 0) is 36.1 Å². The maximum atomic E-state index is 12.2. The molecule has 0 aliphatic heterocycles. The summed E-state index contributed by atoms with van der Waals surface area (Å²) in [5, 5.41) is 9.30. The quantitative estimate of drug-likeness (QED) is 0.850. The number of amides is 1. The van der Waals surface area contributed by atoms with Crippen LogP contribution >= 0.6 is 11.3 Å². The van der Waals surface area contributed by atoms with E-state index in [9.17, 15) is 4.79 Å². The van der Waals surface area contributed by atoms with Crippen LogP contribution < -0.4 is 10.6 Å². The summed E-state index contributed by atoms with van der Waals surface area (Å²) >= 11 is 1.64. The third-order valence-electron chi connectivity index (χ3n) is 3.74. The number of aromatic nitrogens is 2. The van der Waals surface area contributed by atoms with E-state index in [1.165, 1.54) is 5.56 Å². The van der Waals surface area contributed by atoms with Crippen LogP contribution in [0.3, 0.4) is 0 Å². The van der Waals surface area contributed by atoms with Gasteiger partial charge in [-0.3, -0.25) is 4.79 Å². The third-order valence-corrected chi connectivity index (χ3v) is 4.66. The lowest BCUT2D eigenvalue weighted by atomic mass is 10.0. The first kappa shape index (κ1) is 17.7. The highest BCUT2D eigenvalue weighted by molar-refractivity contribution is 7.17. The van der Waals surface area contributed by atoms with Crippen LogP contribution in [0.4, 0.5) is 5.82 Å². The number of anilines is 1. The normalized spacial score (nSPS) is 12.9. The third kappa shape index (κ3) is 3.99. The predicted molar refractivity (Wildman–Crippen MR) is 97.0 cm³/mol. The summed E-state index contributed by atoms with van der Waals surface area (Å²) in [4.78, 5) is 22.3. The molecule has 0 radical (unpaired) electrons. The molecule has 0 aliphatic rings. The molecular formula is C17H26N4OS. The molecule has 23 heavy (non-hydrogen) atoms. The van der Waals surface area contributed by atoms with E-state index in [4.69, 9.17) is 0 Å². The van der Waals surface area contributed by atoms with Crippen molar-refractivity contribution in [3.05, 3.63) is 16.8 Å². The first-order chi connectivity index (χ1) is 10.8. The summed E-state index contributed by atoms with van der Waals surface area (Å²) in [7, 11) is 1.66. The van der Waals surface area contributed by atoms with E-state index < -0.39 is 0 Å². The van der Waals surface area contributed by atoms with Crippen molar-refractivity contribution in [2.45, 2.75) is 47.1 Å². The Morgan fingerprint density at radius 2 is 1.96 bits per heavy atom. The number of hydrogen-bond acceptors (Lipinski definition) is 5. The van der Waals surface area contributed by atoms with E-state index in [0.717, 1.165) is 28.3 Å². The molecule has 1 unspecified atom stereocenters. The van der Waals surface area contributed by atoms with E-state index in [0.29, 0.717) is 5.92 Å². The summed E-state index contributed by atoms with van der Waals surface area (Å²) in [6.45, 7) is 10.3. The Hall–Kier alpha value is -1.69. The van der Waals surface area contributed by atoms with E-state index in [-0.39, 0.29) is 17.9 Å². The Balaban J connectivity index is 2.49. The fourth-order valence-corrected chi connectivity index (χ4v) is 3.64. The van der Waals surface area contributed by atoms with Crippen molar-refractivity contribution >= 4 is 33.3 Å². The van der Waals surface area contributed by atoms with Gasteiger partial charge in [-0.2, -0.15) is 0 Å². The zero-order valence-corrected chi connectivity index (χ0v) is 15.5. The van der Waals surface area contributed by atoms with Crippen LogP contribution in [0.15, 0.2) is 5.38 Å². The number of hydrogen-bond donors (Lipinski definition) is 2. The van der Waals surface area contributed by atoms with Crippen molar-refractivity contribution in [2.75, 3.05) is 12.4 Å². The van der Waals surface area contributed by atoms with Crippen LogP contribution in [0.2, 0.25) is 0 Å². The number of thiophene rings is 1. The number of nitrogens with zero attached hydrogens (tertiary/aromatic N) is 2. The SMILES string of the molecule is CNC(=O)C(Nc1nc(C)nc2scc(CC(C)C)c12)C(C)C. The van der Waals surface area contributed by atoms with Crippen LogP contribution in [-0.4, -0.2) is 29.0 Å². The highest BCUT2D eigenvalue weighted by atomic mass is 32.1. The summed E-state index contributed by atoms with van der Waals surface area (Å²) in [5.41, 5.74) is 1.25. The number of rotatable bonds is 6. The molecule has 0 aromatic carbocycles. The number of carbonyl (C=O) groups excluding carboxylic acids is 1. The smallest absolute Gasteiger partial charge is 0.242 e.